The Morgan fingerprint density at radius 1 is 1.18 bits per heavy atom. The van der Waals surface area contributed by atoms with E-state index in [-0.39, 0.29) is 18.0 Å². The zero-order valence-electron chi connectivity index (χ0n) is 14.6. The second-order valence-corrected chi connectivity index (χ2v) is 6.15. The first-order valence-corrected chi connectivity index (χ1v) is 8.28. The number of hydrogen-bond donors (Lipinski definition) is 1. The van der Waals surface area contributed by atoms with Crippen LogP contribution in [0.3, 0.4) is 0 Å². The summed E-state index contributed by atoms with van der Waals surface area (Å²) in [7, 11) is 0. The molecule has 6 nitrogen and oxygen atoms in total. The zero-order valence-corrected chi connectivity index (χ0v) is 14.6. The fourth-order valence-electron chi connectivity index (χ4n) is 2.91. The minimum absolute atomic E-state index is 0.108. The van der Waals surface area contributed by atoms with Crippen LogP contribution in [0.5, 0.6) is 0 Å². The first-order chi connectivity index (χ1) is 13.3. The van der Waals surface area contributed by atoms with Crippen LogP contribution in [0, 0.1) is 6.92 Å². The highest BCUT2D eigenvalue weighted by atomic mass is 19.4. The van der Waals surface area contributed by atoms with Crippen LogP contribution in [0.15, 0.2) is 57.8 Å². The number of rotatable bonds is 4. The molecule has 0 fully saturated rings. The zero-order chi connectivity index (χ0) is 19.9. The maximum atomic E-state index is 13.0. The molecular formula is C19H14F3N3O3. The summed E-state index contributed by atoms with van der Waals surface area (Å²) in [5, 5.41) is 2.64. The second kappa shape index (κ2) is 6.59. The molecule has 1 aromatic carbocycles. The maximum absolute atomic E-state index is 13.0. The summed E-state index contributed by atoms with van der Waals surface area (Å²) >= 11 is 0. The predicted molar refractivity (Wildman–Crippen MR) is 93.9 cm³/mol. The summed E-state index contributed by atoms with van der Waals surface area (Å²) in [5.74, 6) is 0.620. The fourth-order valence-corrected chi connectivity index (χ4v) is 2.91. The van der Waals surface area contributed by atoms with Crippen LogP contribution in [0.25, 0.3) is 11.0 Å². The van der Waals surface area contributed by atoms with Gasteiger partial charge in [0.05, 0.1) is 41.2 Å². The van der Waals surface area contributed by atoms with Gasteiger partial charge in [0.2, 0.25) is 5.95 Å². The number of nitrogens with one attached hydrogen (secondary N) is 1. The van der Waals surface area contributed by atoms with Crippen LogP contribution < -0.4 is 5.32 Å². The average molecular weight is 389 g/mol. The van der Waals surface area contributed by atoms with Crippen molar-refractivity contribution in [1.29, 1.82) is 0 Å². The van der Waals surface area contributed by atoms with E-state index in [1.807, 2.05) is 0 Å². The van der Waals surface area contributed by atoms with Crippen molar-refractivity contribution in [3.63, 3.8) is 0 Å². The van der Waals surface area contributed by atoms with Crippen LogP contribution in [0.4, 0.5) is 19.1 Å². The second-order valence-electron chi connectivity index (χ2n) is 6.15. The lowest BCUT2D eigenvalue weighted by Crippen LogP contribution is -2.16. The Balaban J connectivity index is 1.78. The van der Waals surface area contributed by atoms with Gasteiger partial charge in [-0.1, -0.05) is 0 Å². The molecule has 3 heterocycles. The molecule has 4 rings (SSSR count). The van der Waals surface area contributed by atoms with E-state index < -0.39 is 17.6 Å². The van der Waals surface area contributed by atoms with E-state index in [1.54, 1.807) is 23.6 Å². The molecule has 0 saturated carbocycles. The standard InChI is InChI=1S/C19H14F3N3O3/c1-11-14(6-8-27-11)17(26)24-18-23-15-9-12(19(20,21)22)4-5-16(15)25(18)10-13-3-2-7-28-13/h2-9H,10H2,1H3,(H,23,24,26). The Labute approximate surface area is 156 Å². The summed E-state index contributed by atoms with van der Waals surface area (Å²) in [5.41, 5.74) is 0.0444. The van der Waals surface area contributed by atoms with E-state index >= 15 is 0 Å². The molecular weight excluding hydrogens is 375 g/mol. The molecule has 1 amide bonds. The van der Waals surface area contributed by atoms with Crippen LogP contribution >= 0.6 is 0 Å². The lowest BCUT2D eigenvalue weighted by Gasteiger charge is -2.09. The van der Waals surface area contributed by atoms with Gasteiger partial charge in [0.25, 0.3) is 5.91 Å². The maximum Gasteiger partial charge on any atom is 0.416 e. The summed E-state index contributed by atoms with van der Waals surface area (Å²) in [6, 6.07) is 8.19. The number of hydrogen-bond acceptors (Lipinski definition) is 4. The van der Waals surface area contributed by atoms with Crippen LogP contribution in [-0.4, -0.2) is 15.5 Å². The topological polar surface area (TPSA) is 73.2 Å². The summed E-state index contributed by atoms with van der Waals surface area (Å²) < 4.78 is 51.2. The van der Waals surface area contributed by atoms with Gasteiger partial charge in [-0.3, -0.25) is 10.1 Å². The van der Waals surface area contributed by atoms with Crippen LogP contribution in [-0.2, 0) is 12.7 Å². The van der Waals surface area contributed by atoms with E-state index in [4.69, 9.17) is 8.83 Å². The number of furan rings is 2. The normalized spacial score (nSPS) is 11.9. The van der Waals surface area contributed by atoms with Gasteiger partial charge in [0.15, 0.2) is 0 Å². The molecule has 0 aliphatic heterocycles. The molecule has 0 saturated heterocycles. The van der Waals surface area contributed by atoms with E-state index in [2.05, 4.69) is 10.3 Å². The van der Waals surface area contributed by atoms with Crippen molar-refractivity contribution < 1.29 is 26.8 Å². The smallest absolute Gasteiger partial charge is 0.416 e. The Hall–Kier alpha value is -3.49. The largest absolute Gasteiger partial charge is 0.469 e. The number of alkyl halides is 3. The number of imidazole rings is 1. The molecule has 1 N–H and O–H groups in total. The quantitative estimate of drug-likeness (QED) is 0.542. The van der Waals surface area contributed by atoms with Crippen molar-refractivity contribution in [1.82, 2.24) is 9.55 Å². The van der Waals surface area contributed by atoms with Crippen molar-refractivity contribution >= 4 is 22.9 Å². The SMILES string of the molecule is Cc1occc1C(=O)Nc1nc2cc(C(F)(F)F)ccc2n1Cc1ccco1. The van der Waals surface area contributed by atoms with Gasteiger partial charge in [-0.05, 0) is 43.3 Å². The van der Waals surface area contributed by atoms with Gasteiger partial charge < -0.3 is 13.4 Å². The third-order valence-electron chi connectivity index (χ3n) is 4.30. The molecule has 0 unspecified atom stereocenters. The molecule has 0 spiro atoms. The molecule has 0 radical (unpaired) electrons. The Kier molecular flexibility index (Phi) is 4.21. The lowest BCUT2D eigenvalue weighted by atomic mass is 10.2. The lowest BCUT2D eigenvalue weighted by molar-refractivity contribution is -0.137. The first kappa shape index (κ1) is 17.9. The van der Waals surface area contributed by atoms with Gasteiger partial charge in [-0.2, -0.15) is 13.2 Å². The van der Waals surface area contributed by atoms with Gasteiger partial charge in [-0.15, -0.1) is 0 Å². The minimum atomic E-state index is -4.49. The predicted octanol–water partition coefficient (Wildman–Crippen LogP) is 4.85. The summed E-state index contributed by atoms with van der Waals surface area (Å²) in [6.07, 6.45) is -1.62. The van der Waals surface area contributed by atoms with Crippen molar-refractivity contribution in [2.45, 2.75) is 19.6 Å². The van der Waals surface area contributed by atoms with Gasteiger partial charge in [-0.25, -0.2) is 4.98 Å². The fraction of sp³-hybridized carbons (Fsp3) is 0.158. The van der Waals surface area contributed by atoms with Gasteiger partial charge in [0, 0.05) is 0 Å². The van der Waals surface area contributed by atoms with E-state index in [0.717, 1.165) is 12.1 Å². The van der Waals surface area contributed by atoms with E-state index in [1.165, 1.54) is 24.7 Å². The highest BCUT2D eigenvalue weighted by molar-refractivity contribution is 6.04. The molecule has 3 aromatic heterocycles. The highest BCUT2D eigenvalue weighted by Gasteiger charge is 2.31. The molecule has 4 aromatic rings. The highest BCUT2D eigenvalue weighted by Crippen LogP contribution is 2.32. The van der Waals surface area contributed by atoms with Gasteiger partial charge in [0.1, 0.15) is 11.5 Å². The van der Waals surface area contributed by atoms with Crippen molar-refractivity contribution in [2.75, 3.05) is 5.32 Å². The number of aryl methyl sites for hydroxylation is 1. The number of amides is 1. The monoisotopic (exact) mass is 389 g/mol. The Bertz CT molecular complexity index is 1140. The summed E-state index contributed by atoms with van der Waals surface area (Å²) in [6.45, 7) is 1.82. The van der Waals surface area contributed by atoms with E-state index in [0.29, 0.717) is 22.6 Å². The number of carbonyl (C=O) groups is 1. The third kappa shape index (κ3) is 3.26. The molecule has 0 aliphatic carbocycles. The number of carbonyl (C=O) groups excluding carboxylic acids is 1. The molecule has 0 bridgehead atoms. The van der Waals surface area contributed by atoms with Crippen molar-refractivity contribution in [3.05, 3.63) is 71.6 Å². The molecule has 144 valence electrons. The Morgan fingerprint density at radius 2 is 2.00 bits per heavy atom. The first-order valence-electron chi connectivity index (χ1n) is 8.28. The number of nitrogens with zero attached hydrogens (tertiary/aromatic N) is 2. The molecule has 28 heavy (non-hydrogen) atoms. The number of aromatic nitrogens is 2. The number of anilines is 1. The van der Waals surface area contributed by atoms with Gasteiger partial charge >= 0.3 is 6.18 Å². The number of halogens is 3. The van der Waals surface area contributed by atoms with Crippen LogP contribution in [0.2, 0.25) is 0 Å². The van der Waals surface area contributed by atoms with Crippen molar-refractivity contribution in [2.24, 2.45) is 0 Å². The third-order valence-corrected chi connectivity index (χ3v) is 4.30. The average Bonchev–Trinajstić information content (AvgIpc) is 3.35. The molecule has 0 atom stereocenters. The molecule has 9 heteroatoms. The summed E-state index contributed by atoms with van der Waals surface area (Å²) in [4.78, 5) is 16.7. The Morgan fingerprint density at radius 3 is 2.64 bits per heavy atom. The molecule has 0 aliphatic rings. The number of benzene rings is 1. The van der Waals surface area contributed by atoms with Crippen LogP contribution in [0.1, 0.15) is 27.4 Å². The van der Waals surface area contributed by atoms with E-state index in [9.17, 15) is 18.0 Å². The minimum Gasteiger partial charge on any atom is -0.469 e. The van der Waals surface area contributed by atoms with Crippen molar-refractivity contribution in [3.8, 4) is 0 Å². The number of fused-ring (bicyclic) bond motifs is 1.